The lowest BCUT2D eigenvalue weighted by Crippen LogP contribution is -2.47. The van der Waals surface area contributed by atoms with Crippen molar-refractivity contribution in [2.45, 2.75) is 50.6 Å². The molecule has 51 heavy (non-hydrogen) atoms. The molecule has 0 aliphatic carbocycles. The van der Waals surface area contributed by atoms with Crippen LogP contribution in [0.3, 0.4) is 0 Å². The molecule has 3 aliphatic rings. The summed E-state index contributed by atoms with van der Waals surface area (Å²) in [6.45, 7) is 4.61. The number of nitrogens with one attached hydrogen (secondary N) is 3. The first-order chi connectivity index (χ1) is 24.7. The van der Waals surface area contributed by atoms with Crippen LogP contribution in [0.15, 0.2) is 53.6 Å². The molecule has 0 bridgehead atoms. The van der Waals surface area contributed by atoms with Crippen molar-refractivity contribution in [1.82, 2.24) is 29.9 Å². The van der Waals surface area contributed by atoms with Crippen molar-refractivity contribution in [2.24, 2.45) is 13.0 Å². The lowest BCUT2D eigenvalue weighted by atomic mass is 9.88. The second-order valence-electron chi connectivity index (χ2n) is 14.1. The number of amides is 2. The van der Waals surface area contributed by atoms with Gasteiger partial charge >= 0.3 is 0 Å². The number of hydrogen-bond acceptors (Lipinski definition) is 10. The van der Waals surface area contributed by atoms with Gasteiger partial charge in [-0.05, 0) is 79.6 Å². The standard InChI is InChI=1S/C38H45N7O6/c1-43-21-30(29-17-39-42-36(29)38(43)49)26-15-33(50-2)31(34(16-26)51-3)22-45-18-23(19-45)14-28(46)20-44-12-10-25(11-13-44)24-4-6-27(7-5-24)40-32-8-9-35(47)41-37(32)48/h4-7,15-17,21,23,25,32,40H,8-14,18-20,22H2,1-3H3,(H,39,42)(H,41,47,48). The molecule has 2 amide bonds. The summed E-state index contributed by atoms with van der Waals surface area (Å²) in [6, 6.07) is 11.8. The van der Waals surface area contributed by atoms with Gasteiger partial charge in [-0.15, -0.1) is 0 Å². The zero-order valence-corrected chi connectivity index (χ0v) is 29.4. The highest BCUT2D eigenvalue weighted by Crippen LogP contribution is 2.39. The van der Waals surface area contributed by atoms with Crippen molar-refractivity contribution in [2.75, 3.05) is 52.3 Å². The number of aromatic amines is 1. The number of Topliss-reactive ketones (excluding diaryl/α,β-unsaturated/α-hetero) is 1. The SMILES string of the molecule is COc1cc(-c2cn(C)c(=O)c3[nH]ncc23)cc(OC)c1CN1CC(CC(=O)CN2CCC(c3ccc(NC4CCC(=O)NC4=O)cc3)CC2)C1. The van der Waals surface area contributed by atoms with Crippen LogP contribution in [0.2, 0.25) is 0 Å². The summed E-state index contributed by atoms with van der Waals surface area (Å²) in [5.74, 6) is 1.99. The molecule has 13 nitrogen and oxygen atoms in total. The zero-order chi connectivity index (χ0) is 35.6. The number of piperidine rings is 2. The van der Waals surface area contributed by atoms with Gasteiger partial charge in [-0.1, -0.05) is 12.1 Å². The van der Waals surface area contributed by atoms with E-state index in [2.05, 4.69) is 42.8 Å². The monoisotopic (exact) mass is 695 g/mol. The summed E-state index contributed by atoms with van der Waals surface area (Å²) in [5.41, 5.74) is 5.12. The van der Waals surface area contributed by atoms with Crippen LogP contribution in [0.4, 0.5) is 5.69 Å². The Morgan fingerprint density at radius 2 is 1.69 bits per heavy atom. The molecule has 3 fully saturated rings. The number of aryl methyl sites for hydroxylation is 1. The van der Waals surface area contributed by atoms with Gasteiger partial charge in [0.1, 0.15) is 28.8 Å². The number of nitrogens with zero attached hydrogens (tertiary/aromatic N) is 4. The molecule has 7 rings (SSSR count). The number of ether oxygens (including phenoxy) is 2. The topological polar surface area (TPSA) is 151 Å². The molecule has 2 aromatic heterocycles. The van der Waals surface area contributed by atoms with Crippen molar-refractivity contribution < 1.29 is 23.9 Å². The average Bonchev–Trinajstić information content (AvgIpc) is 3.61. The maximum atomic E-state index is 13.1. The number of hydrogen-bond donors (Lipinski definition) is 3. The Labute approximate surface area is 296 Å². The predicted molar refractivity (Wildman–Crippen MR) is 193 cm³/mol. The largest absolute Gasteiger partial charge is 0.496 e. The van der Waals surface area contributed by atoms with Crippen LogP contribution in [0.1, 0.15) is 49.1 Å². The second kappa shape index (κ2) is 14.7. The number of carbonyl (C=O) groups is 3. The molecule has 3 N–H and O–H groups in total. The molecular formula is C38H45N7O6. The van der Waals surface area contributed by atoms with Gasteiger partial charge in [-0.3, -0.25) is 39.4 Å². The van der Waals surface area contributed by atoms with E-state index in [-0.39, 0.29) is 17.4 Å². The number of H-pyrrole nitrogens is 1. The molecule has 13 heteroatoms. The molecule has 5 heterocycles. The Balaban J connectivity index is 0.877. The van der Waals surface area contributed by atoms with Crippen LogP contribution in [0.5, 0.6) is 11.5 Å². The van der Waals surface area contributed by atoms with Gasteiger partial charge in [0, 0.05) is 62.4 Å². The van der Waals surface area contributed by atoms with Crippen LogP contribution in [0.25, 0.3) is 22.0 Å². The number of rotatable bonds is 12. The second-order valence-corrected chi connectivity index (χ2v) is 14.1. The number of pyridine rings is 1. The first-order valence-corrected chi connectivity index (χ1v) is 17.6. The summed E-state index contributed by atoms with van der Waals surface area (Å²) in [6.07, 6.45) is 6.90. The molecule has 0 radical (unpaired) electrons. The van der Waals surface area contributed by atoms with Gasteiger partial charge in [0.15, 0.2) is 0 Å². The third kappa shape index (κ3) is 7.40. The number of likely N-dealkylation sites (tertiary alicyclic amines) is 2. The highest BCUT2D eigenvalue weighted by atomic mass is 16.5. The molecule has 1 unspecified atom stereocenters. The maximum Gasteiger partial charge on any atom is 0.276 e. The lowest BCUT2D eigenvalue weighted by Gasteiger charge is -2.40. The summed E-state index contributed by atoms with van der Waals surface area (Å²) in [7, 11) is 5.02. The van der Waals surface area contributed by atoms with Crippen molar-refractivity contribution in [3.63, 3.8) is 0 Å². The first kappa shape index (κ1) is 34.4. The van der Waals surface area contributed by atoms with Gasteiger partial charge in [-0.2, -0.15) is 5.10 Å². The average molecular weight is 696 g/mol. The number of ketones is 1. The normalized spacial score (nSPS) is 19.2. The highest BCUT2D eigenvalue weighted by molar-refractivity contribution is 6.01. The molecule has 3 saturated heterocycles. The van der Waals surface area contributed by atoms with Crippen LogP contribution < -0.4 is 25.7 Å². The van der Waals surface area contributed by atoms with Crippen LogP contribution >= 0.6 is 0 Å². The Bertz CT molecular complexity index is 1960. The fourth-order valence-corrected chi connectivity index (χ4v) is 7.78. The van der Waals surface area contributed by atoms with E-state index >= 15 is 0 Å². The third-order valence-electron chi connectivity index (χ3n) is 10.6. The lowest BCUT2D eigenvalue weighted by molar-refractivity contribution is -0.133. The van der Waals surface area contributed by atoms with Crippen molar-refractivity contribution in [3.8, 4) is 22.6 Å². The summed E-state index contributed by atoms with van der Waals surface area (Å²) >= 11 is 0. The third-order valence-corrected chi connectivity index (χ3v) is 10.6. The van der Waals surface area contributed by atoms with Crippen molar-refractivity contribution in [3.05, 3.63) is 70.3 Å². The Hall–Kier alpha value is -5.01. The van der Waals surface area contributed by atoms with E-state index in [0.717, 1.165) is 66.8 Å². The maximum absolute atomic E-state index is 13.1. The van der Waals surface area contributed by atoms with Gasteiger partial charge < -0.3 is 19.4 Å². The fourth-order valence-electron chi connectivity index (χ4n) is 7.78. The number of anilines is 1. The Kier molecular flexibility index (Phi) is 9.92. The van der Waals surface area contributed by atoms with Crippen molar-refractivity contribution >= 4 is 34.2 Å². The van der Waals surface area contributed by atoms with E-state index < -0.39 is 6.04 Å². The molecule has 1 atom stereocenters. The number of methoxy groups -OCH3 is 2. The molecule has 0 saturated carbocycles. The number of imide groups is 1. The first-order valence-electron chi connectivity index (χ1n) is 17.6. The molecule has 3 aliphatic heterocycles. The summed E-state index contributed by atoms with van der Waals surface area (Å²) in [5, 5.41) is 13.3. The van der Waals surface area contributed by atoms with E-state index in [1.165, 1.54) is 5.56 Å². The van der Waals surface area contributed by atoms with Crippen LogP contribution in [-0.2, 0) is 28.0 Å². The molecule has 4 aromatic rings. The Morgan fingerprint density at radius 1 is 0.980 bits per heavy atom. The minimum absolute atomic E-state index is 0.139. The number of fused-ring (bicyclic) bond motifs is 1. The fraction of sp³-hybridized carbons (Fsp3) is 0.447. The zero-order valence-electron chi connectivity index (χ0n) is 29.4. The van der Waals surface area contributed by atoms with E-state index in [0.29, 0.717) is 67.0 Å². The Morgan fingerprint density at radius 3 is 2.35 bits per heavy atom. The molecule has 0 spiro atoms. The van der Waals surface area contributed by atoms with E-state index in [1.54, 1.807) is 38.2 Å². The molecular weight excluding hydrogens is 650 g/mol. The molecule has 268 valence electrons. The van der Waals surface area contributed by atoms with Gasteiger partial charge in [-0.25, -0.2) is 0 Å². The van der Waals surface area contributed by atoms with Crippen LogP contribution in [0, 0.1) is 5.92 Å². The smallest absolute Gasteiger partial charge is 0.276 e. The quantitative estimate of drug-likeness (QED) is 0.188. The number of carbonyl (C=O) groups excluding carboxylic acids is 3. The minimum atomic E-state index is -0.391. The summed E-state index contributed by atoms with van der Waals surface area (Å²) < 4.78 is 13.2. The van der Waals surface area contributed by atoms with Gasteiger partial charge in [0.05, 0.1) is 32.5 Å². The van der Waals surface area contributed by atoms with E-state index in [4.69, 9.17) is 9.47 Å². The predicted octanol–water partition coefficient (Wildman–Crippen LogP) is 3.43. The number of aromatic nitrogens is 3. The highest BCUT2D eigenvalue weighted by Gasteiger charge is 2.32. The number of benzene rings is 2. The van der Waals surface area contributed by atoms with Gasteiger partial charge in [0.25, 0.3) is 5.56 Å². The summed E-state index contributed by atoms with van der Waals surface area (Å²) in [4.78, 5) is 53.7. The van der Waals surface area contributed by atoms with Crippen molar-refractivity contribution in [1.29, 1.82) is 0 Å². The van der Waals surface area contributed by atoms with Gasteiger partial charge in [0.2, 0.25) is 11.8 Å². The minimum Gasteiger partial charge on any atom is -0.496 e. The molecule has 2 aromatic carbocycles. The van der Waals surface area contributed by atoms with E-state index in [9.17, 15) is 19.2 Å². The van der Waals surface area contributed by atoms with Crippen LogP contribution in [-0.4, -0.2) is 95.1 Å². The van der Waals surface area contributed by atoms with E-state index in [1.807, 2.05) is 24.3 Å².